The molecule has 0 bridgehead atoms. The molecule has 3 heterocycles. The molecule has 2 aromatic carbocycles. The highest BCUT2D eigenvalue weighted by Gasteiger charge is 2.37. The molecule has 31 heavy (non-hydrogen) atoms. The number of rotatable bonds is 3. The number of aromatic nitrogens is 2. The van der Waals surface area contributed by atoms with Crippen LogP contribution in [0.5, 0.6) is 0 Å². The number of amides is 1. The minimum atomic E-state index is -0.226. The standard InChI is InChI=1S/C24H18ClN5O/c1-28-15-30(23-18-10-6-5-9-17(18)11-12-27-23)24(31)21-20(28)19(13-26)22(25)29(21)14-16-7-3-2-4-8-16/h2-12H,14-15H2,1H3. The number of halogens is 1. The SMILES string of the molecule is CN1CN(c2nccc3ccccc23)C(=O)c2c1c(C#N)c(Cl)n2Cc1ccccc1. The number of carbonyl (C=O) groups is 1. The van der Waals surface area contributed by atoms with E-state index in [1.54, 1.807) is 15.7 Å². The Morgan fingerprint density at radius 2 is 1.84 bits per heavy atom. The number of nitrogens with zero attached hydrogens (tertiary/aromatic N) is 5. The Kier molecular flexibility index (Phi) is 4.61. The number of fused-ring (bicyclic) bond motifs is 2. The topological polar surface area (TPSA) is 65.2 Å². The first-order chi connectivity index (χ1) is 15.1. The highest BCUT2D eigenvalue weighted by molar-refractivity contribution is 6.32. The van der Waals surface area contributed by atoms with Crippen LogP contribution in [0.15, 0.2) is 66.9 Å². The van der Waals surface area contributed by atoms with Crippen LogP contribution in [0.2, 0.25) is 5.15 Å². The molecule has 0 atom stereocenters. The van der Waals surface area contributed by atoms with Crippen LogP contribution in [0, 0.1) is 11.3 Å². The monoisotopic (exact) mass is 427 g/mol. The van der Waals surface area contributed by atoms with Crippen molar-refractivity contribution in [1.82, 2.24) is 9.55 Å². The zero-order valence-electron chi connectivity index (χ0n) is 16.8. The highest BCUT2D eigenvalue weighted by Crippen LogP contribution is 2.39. The Balaban J connectivity index is 1.68. The lowest BCUT2D eigenvalue weighted by Crippen LogP contribution is -2.46. The summed E-state index contributed by atoms with van der Waals surface area (Å²) < 4.78 is 1.72. The van der Waals surface area contributed by atoms with Crippen LogP contribution in [0.4, 0.5) is 11.5 Å². The molecule has 7 heteroatoms. The first-order valence-corrected chi connectivity index (χ1v) is 10.2. The average molecular weight is 428 g/mol. The van der Waals surface area contributed by atoms with Crippen molar-refractivity contribution in [2.24, 2.45) is 0 Å². The number of pyridine rings is 1. The van der Waals surface area contributed by atoms with Gasteiger partial charge in [0.2, 0.25) is 0 Å². The molecule has 1 aliphatic heterocycles. The van der Waals surface area contributed by atoms with Gasteiger partial charge in [0.15, 0.2) is 0 Å². The summed E-state index contributed by atoms with van der Waals surface area (Å²) in [6.45, 7) is 0.660. The fourth-order valence-electron chi connectivity index (χ4n) is 4.14. The predicted octanol–water partition coefficient (Wildman–Crippen LogP) is 4.66. The fourth-order valence-corrected chi connectivity index (χ4v) is 4.41. The van der Waals surface area contributed by atoms with E-state index in [1.165, 1.54) is 0 Å². The van der Waals surface area contributed by atoms with Gasteiger partial charge in [0, 0.05) is 25.2 Å². The van der Waals surface area contributed by atoms with E-state index in [4.69, 9.17) is 11.6 Å². The number of benzene rings is 2. The van der Waals surface area contributed by atoms with Crippen molar-refractivity contribution in [2.75, 3.05) is 23.5 Å². The quantitative estimate of drug-likeness (QED) is 0.476. The predicted molar refractivity (Wildman–Crippen MR) is 122 cm³/mol. The summed E-state index contributed by atoms with van der Waals surface area (Å²) >= 11 is 6.62. The summed E-state index contributed by atoms with van der Waals surface area (Å²) in [4.78, 5) is 21.8. The van der Waals surface area contributed by atoms with Crippen molar-refractivity contribution < 1.29 is 4.79 Å². The summed E-state index contributed by atoms with van der Waals surface area (Å²) in [5.74, 6) is 0.360. The van der Waals surface area contributed by atoms with Gasteiger partial charge in [-0.1, -0.05) is 66.2 Å². The van der Waals surface area contributed by atoms with Crippen molar-refractivity contribution >= 4 is 39.8 Å². The van der Waals surface area contributed by atoms with Gasteiger partial charge < -0.3 is 9.47 Å². The largest absolute Gasteiger partial charge is 0.353 e. The number of hydrogen-bond acceptors (Lipinski definition) is 4. The lowest BCUT2D eigenvalue weighted by molar-refractivity contribution is 0.0973. The molecule has 5 rings (SSSR count). The van der Waals surface area contributed by atoms with Crippen LogP contribution < -0.4 is 9.80 Å². The first-order valence-electron chi connectivity index (χ1n) is 9.83. The van der Waals surface area contributed by atoms with Crippen LogP contribution in [-0.4, -0.2) is 29.2 Å². The molecule has 1 amide bonds. The second-order valence-corrected chi connectivity index (χ2v) is 7.83. The summed E-state index contributed by atoms with van der Waals surface area (Å²) in [6, 6.07) is 21.7. The highest BCUT2D eigenvalue weighted by atomic mass is 35.5. The normalized spacial score (nSPS) is 13.4. The summed E-state index contributed by atoms with van der Waals surface area (Å²) in [6.07, 6.45) is 1.71. The molecule has 152 valence electrons. The molecular formula is C24H18ClN5O. The lowest BCUT2D eigenvalue weighted by atomic mass is 10.1. The van der Waals surface area contributed by atoms with E-state index < -0.39 is 0 Å². The number of nitriles is 1. The molecular weight excluding hydrogens is 410 g/mol. The molecule has 0 N–H and O–H groups in total. The number of hydrogen-bond donors (Lipinski definition) is 0. The second-order valence-electron chi connectivity index (χ2n) is 7.47. The Morgan fingerprint density at radius 1 is 1.10 bits per heavy atom. The molecule has 0 radical (unpaired) electrons. The van der Waals surface area contributed by atoms with Crippen molar-refractivity contribution in [3.63, 3.8) is 0 Å². The molecule has 0 saturated carbocycles. The molecule has 4 aromatic rings. The maximum atomic E-state index is 13.8. The number of anilines is 2. The van der Waals surface area contributed by atoms with E-state index in [9.17, 15) is 10.1 Å². The van der Waals surface area contributed by atoms with E-state index in [0.717, 1.165) is 16.3 Å². The van der Waals surface area contributed by atoms with Crippen LogP contribution in [0.3, 0.4) is 0 Å². The molecule has 0 spiro atoms. The Morgan fingerprint density at radius 3 is 2.61 bits per heavy atom. The fraction of sp³-hybridized carbons (Fsp3) is 0.125. The Hall–Kier alpha value is -3.82. The minimum absolute atomic E-state index is 0.226. The molecule has 2 aromatic heterocycles. The molecule has 0 saturated heterocycles. The molecule has 6 nitrogen and oxygen atoms in total. The zero-order chi connectivity index (χ0) is 21.5. The van der Waals surface area contributed by atoms with Gasteiger partial charge in [-0.3, -0.25) is 9.69 Å². The summed E-state index contributed by atoms with van der Waals surface area (Å²) in [7, 11) is 1.85. The number of carbonyl (C=O) groups excluding carboxylic acids is 1. The third-order valence-corrected chi connectivity index (χ3v) is 5.95. The molecule has 0 aliphatic carbocycles. The van der Waals surface area contributed by atoms with Crippen molar-refractivity contribution in [3.8, 4) is 6.07 Å². The molecule has 1 aliphatic rings. The summed E-state index contributed by atoms with van der Waals surface area (Å²) in [5, 5.41) is 11.9. The second kappa shape index (κ2) is 7.46. The van der Waals surface area contributed by atoms with E-state index in [0.29, 0.717) is 29.3 Å². The Bertz CT molecular complexity index is 1350. The van der Waals surface area contributed by atoms with Crippen LogP contribution in [0.25, 0.3) is 10.8 Å². The van der Waals surface area contributed by atoms with Gasteiger partial charge in [0.1, 0.15) is 28.3 Å². The van der Waals surface area contributed by atoms with Gasteiger partial charge in [-0.15, -0.1) is 0 Å². The molecule has 0 fully saturated rings. The lowest BCUT2D eigenvalue weighted by Gasteiger charge is -2.34. The Labute approximate surface area is 184 Å². The smallest absolute Gasteiger partial charge is 0.279 e. The third kappa shape index (κ3) is 3.02. The van der Waals surface area contributed by atoms with Gasteiger partial charge in [-0.25, -0.2) is 4.98 Å². The van der Waals surface area contributed by atoms with E-state index in [1.807, 2.05) is 72.6 Å². The van der Waals surface area contributed by atoms with Crippen molar-refractivity contribution in [1.29, 1.82) is 5.26 Å². The third-order valence-electron chi connectivity index (χ3n) is 5.56. The van der Waals surface area contributed by atoms with Crippen molar-refractivity contribution in [2.45, 2.75) is 6.54 Å². The van der Waals surface area contributed by atoms with E-state index in [-0.39, 0.29) is 17.7 Å². The van der Waals surface area contributed by atoms with Crippen LogP contribution in [0.1, 0.15) is 21.6 Å². The molecule has 0 unspecified atom stereocenters. The average Bonchev–Trinajstić information content (AvgIpc) is 3.08. The minimum Gasteiger partial charge on any atom is -0.353 e. The van der Waals surface area contributed by atoms with Gasteiger partial charge in [0.05, 0.1) is 12.4 Å². The van der Waals surface area contributed by atoms with Crippen LogP contribution >= 0.6 is 11.6 Å². The van der Waals surface area contributed by atoms with E-state index >= 15 is 0 Å². The van der Waals surface area contributed by atoms with Crippen LogP contribution in [-0.2, 0) is 6.54 Å². The van der Waals surface area contributed by atoms with Gasteiger partial charge in [-0.2, -0.15) is 5.26 Å². The van der Waals surface area contributed by atoms with Crippen molar-refractivity contribution in [3.05, 3.63) is 88.8 Å². The summed E-state index contributed by atoms with van der Waals surface area (Å²) in [5.41, 5.74) is 2.26. The first kappa shape index (κ1) is 19.2. The van der Waals surface area contributed by atoms with Gasteiger partial charge >= 0.3 is 0 Å². The maximum Gasteiger partial charge on any atom is 0.279 e. The van der Waals surface area contributed by atoms with Gasteiger partial charge in [0.25, 0.3) is 5.91 Å². The van der Waals surface area contributed by atoms with Gasteiger partial charge in [-0.05, 0) is 17.0 Å². The van der Waals surface area contributed by atoms with E-state index in [2.05, 4.69) is 11.1 Å². The zero-order valence-corrected chi connectivity index (χ0v) is 17.5. The maximum absolute atomic E-state index is 13.8.